The van der Waals surface area contributed by atoms with E-state index >= 15 is 0 Å². The number of anilines is 1. The summed E-state index contributed by atoms with van der Waals surface area (Å²) in [5, 5.41) is 0.162. The van der Waals surface area contributed by atoms with Crippen LogP contribution in [0.2, 0.25) is 5.02 Å². The molecule has 0 aliphatic rings. The lowest BCUT2D eigenvalue weighted by molar-refractivity contribution is 0.624. The molecule has 0 amide bonds. The predicted octanol–water partition coefficient (Wildman–Crippen LogP) is 3.60. The van der Waals surface area contributed by atoms with Crippen LogP contribution in [0.25, 0.3) is 0 Å². The summed E-state index contributed by atoms with van der Waals surface area (Å²) < 4.78 is 13.1. The topological polar surface area (TPSA) is 24.1 Å². The second-order valence-corrected chi connectivity index (χ2v) is 3.94. The van der Waals surface area contributed by atoms with E-state index in [9.17, 15) is 4.39 Å². The Morgan fingerprint density at radius 2 is 1.76 bits per heavy atom. The van der Waals surface area contributed by atoms with Gasteiger partial charge in [-0.1, -0.05) is 41.9 Å². The van der Waals surface area contributed by atoms with E-state index in [2.05, 4.69) is 10.9 Å². The van der Waals surface area contributed by atoms with Crippen LogP contribution in [0.5, 0.6) is 0 Å². The van der Waals surface area contributed by atoms with Gasteiger partial charge in [-0.25, -0.2) is 9.82 Å². The molecule has 4 heteroatoms. The quantitative estimate of drug-likeness (QED) is 0.811. The maximum atomic E-state index is 13.1. The Morgan fingerprint density at radius 1 is 1.00 bits per heavy atom. The van der Waals surface area contributed by atoms with Crippen molar-refractivity contribution >= 4 is 17.3 Å². The minimum absolute atomic E-state index is 0.162. The number of para-hydroxylation sites is 1. The molecule has 2 aromatic carbocycles. The highest BCUT2D eigenvalue weighted by Gasteiger charge is 2.04. The zero-order valence-electron chi connectivity index (χ0n) is 9.08. The van der Waals surface area contributed by atoms with E-state index in [0.29, 0.717) is 6.54 Å². The van der Waals surface area contributed by atoms with Gasteiger partial charge in [0.05, 0.1) is 5.02 Å². The van der Waals surface area contributed by atoms with Crippen molar-refractivity contribution in [2.24, 2.45) is 0 Å². The van der Waals surface area contributed by atoms with Gasteiger partial charge in [-0.05, 0) is 23.8 Å². The molecule has 0 aromatic heterocycles. The number of nitrogens with one attached hydrogen (secondary N) is 2. The third-order valence-electron chi connectivity index (χ3n) is 2.32. The predicted molar refractivity (Wildman–Crippen MR) is 68.3 cm³/mol. The molecule has 2 N–H and O–H groups in total. The third-order valence-corrected chi connectivity index (χ3v) is 2.74. The van der Waals surface area contributed by atoms with Crippen LogP contribution in [0.15, 0.2) is 48.5 Å². The molecule has 0 saturated heterocycles. The fraction of sp³-hybridized carbons (Fsp3) is 0.0769. The van der Waals surface area contributed by atoms with E-state index in [1.165, 1.54) is 6.07 Å². The first-order chi connectivity index (χ1) is 8.27. The van der Waals surface area contributed by atoms with Gasteiger partial charge in [-0.15, -0.1) is 0 Å². The second-order valence-electron chi connectivity index (χ2n) is 3.56. The van der Waals surface area contributed by atoms with Crippen LogP contribution in [0.4, 0.5) is 10.1 Å². The molecule has 0 bridgehead atoms. The highest BCUT2D eigenvalue weighted by atomic mass is 35.5. The molecule has 0 spiro atoms. The minimum atomic E-state index is -0.398. The minimum Gasteiger partial charge on any atom is -0.321 e. The molecule has 88 valence electrons. The summed E-state index contributed by atoms with van der Waals surface area (Å²) in [6.07, 6.45) is 0. The third kappa shape index (κ3) is 3.19. The molecular formula is C13H12ClFN2. The number of hydrogen-bond donors (Lipinski definition) is 2. The normalized spacial score (nSPS) is 10.2. The van der Waals surface area contributed by atoms with E-state index in [1.54, 1.807) is 12.1 Å². The Bertz CT molecular complexity index is 488. The lowest BCUT2D eigenvalue weighted by Gasteiger charge is -2.09. The molecular weight excluding hydrogens is 239 g/mol. The molecule has 0 saturated carbocycles. The smallest absolute Gasteiger partial charge is 0.142 e. The van der Waals surface area contributed by atoms with E-state index in [-0.39, 0.29) is 5.02 Å². The monoisotopic (exact) mass is 250 g/mol. The summed E-state index contributed by atoms with van der Waals surface area (Å²) in [7, 11) is 0. The van der Waals surface area contributed by atoms with Crippen molar-refractivity contribution in [2.45, 2.75) is 6.54 Å². The maximum Gasteiger partial charge on any atom is 0.142 e. The van der Waals surface area contributed by atoms with Gasteiger partial charge >= 0.3 is 0 Å². The van der Waals surface area contributed by atoms with E-state index < -0.39 is 5.82 Å². The number of hydrazine groups is 1. The SMILES string of the molecule is Fc1cccc(CNNc2ccccc2)c1Cl. The number of hydrogen-bond acceptors (Lipinski definition) is 2. The molecule has 0 radical (unpaired) electrons. The number of benzene rings is 2. The second kappa shape index (κ2) is 5.66. The molecule has 0 aliphatic carbocycles. The average Bonchev–Trinajstić information content (AvgIpc) is 2.36. The van der Waals surface area contributed by atoms with Gasteiger partial charge in [0.2, 0.25) is 0 Å². The van der Waals surface area contributed by atoms with Crippen LogP contribution in [-0.4, -0.2) is 0 Å². The average molecular weight is 251 g/mol. The van der Waals surface area contributed by atoms with Crippen LogP contribution < -0.4 is 10.9 Å². The Labute approximate surface area is 104 Å². The fourth-order valence-corrected chi connectivity index (χ4v) is 1.64. The van der Waals surface area contributed by atoms with Gasteiger partial charge in [0.25, 0.3) is 0 Å². The van der Waals surface area contributed by atoms with Crippen molar-refractivity contribution in [3.8, 4) is 0 Å². The molecule has 0 atom stereocenters. The first-order valence-corrected chi connectivity index (χ1v) is 5.62. The van der Waals surface area contributed by atoms with E-state index in [4.69, 9.17) is 11.6 Å². The zero-order valence-corrected chi connectivity index (χ0v) is 9.84. The van der Waals surface area contributed by atoms with Crippen molar-refractivity contribution in [3.05, 3.63) is 64.9 Å². The molecule has 0 aliphatic heterocycles. The molecule has 0 unspecified atom stereocenters. The Balaban J connectivity index is 1.93. The van der Waals surface area contributed by atoms with Crippen LogP contribution in [0.3, 0.4) is 0 Å². The Hall–Kier alpha value is -1.58. The maximum absolute atomic E-state index is 13.1. The fourth-order valence-electron chi connectivity index (χ4n) is 1.45. The summed E-state index contributed by atoms with van der Waals surface area (Å²) in [5.41, 5.74) is 7.66. The van der Waals surface area contributed by atoms with Crippen LogP contribution >= 0.6 is 11.6 Å². The van der Waals surface area contributed by atoms with Gasteiger partial charge in [0.1, 0.15) is 5.82 Å². The summed E-state index contributed by atoms with van der Waals surface area (Å²) in [6, 6.07) is 14.4. The van der Waals surface area contributed by atoms with Gasteiger partial charge in [0.15, 0.2) is 0 Å². The molecule has 2 nitrogen and oxygen atoms in total. The van der Waals surface area contributed by atoms with Crippen molar-refractivity contribution in [3.63, 3.8) is 0 Å². The van der Waals surface area contributed by atoms with Crippen molar-refractivity contribution in [1.82, 2.24) is 5.43 Å². The van der Waals surface area contributed by atoms with Gasteiger partial charge in [-0.2, -0.15) is 0 Å². The molecule has 0 fully saturated rings. The van der Waals surface area contributed by atoms with Crippen LogP contribution in [0, 0.1) is 5.82 Å². The molecule has 17 heavy (non-hydrogen) atoms. The molecule has 2 aromatic rings. The Kier molecular flexibility index (Phi) is 3.96. The summed E-state index contributed by atoms with van der Waals surface area (Å²) in [5.74, 6) is -0.398. The standard InChI is InChI=1S/C13H12ClFN2/c14-13-10(5-4-8-12(13)15)9-16-17-11-6-2-1-3-7-11/h1-8,16-17H,9H2. The first-order valence-electron chi connectivity index (χ1n) is 5.24. The van der Waals surface area contributed by atoms with Crippen molar-refractivity contribution in [1.29, 1.82) is 0 Å². The molecule has 2 rings (SSSR count). The summed E-state index contributed by atoms with van der Waals surface area (Å²) in [4.78, 5) is 0. The van der Waals surface area contributed by atoms with Gasteiger partial charge < -0.3 is 5.43 Å². The van der Waals surface area contributed by atoms with E-state index in [1.807, 2.05) is 30.3 Å². The zero-order chi connectivity index (χ0) is 12.1. The molecule has 0 heterocycles. The lowest BCUT2D eigenvalue weighted by Crippen LogP contribution is -2.21. The largest absolute Gasteiger partial charge is 0.321 e. The summed E-state index contributed by atoms with van der Waals surface area (Å²) >= 11 is 5.83. The van der Waals surface area contributed by atoms with Crippen LogP contribution in [-0.2, 0) is 6.54 Å². The highest BCUT2D eigenvalue weighted by Crippen LogP contribution is 2.19. The van der Waals surface area contributed by atoms with Crippen LogP contribution in [0.1, 0.15) is 5.56 Å². The number of halogens is 2. The van der Waals surface area contributed by atoms with Crippen molar-refractivity contribution in [2.75, 3.05) is 5.43 Å². The number of rotatable bonds is 4. The lowest BCUT2D eigenvalue weighted by atomic mass is 10.2. The van der Waals surface area contributed by atoms with Gasteiger partial charge in [-0.3, -0.25) is 0 Å². The highest BCUT2D eigenvalue weighted by molar-refractivity contribution is 6.31. The van der Waals surface area contributed by atoms with E-state index in [0.717, 1.165) is 11.3 Å². The summed E-state index contributed by atoms with van der Waals surface area (Å²) in [6.45, 7) is 0.450. The van der Waals surface area contributed by atoms with Crippen molar-refractivity contribution < 1.29 is 4.39 Å². The van der Waals surface area contributed by atoms with Gasteiger partial charge in [0, 0.05) is 12.2 Å². The first kappa shape index (κ1) is 11.9. The Morgan fingerprint density at radius 3 is 2.53 bits per heavy atom.